The van der Waals surface area contributed by atoms with Crippen LogP contribution in [0.3, 0.4) is 0 Å². The molecule has 0 spiro atoms. The van der Waals surface area contributed by atoms with Gasteiger partial charge in [-0.2, -0.15) is 5.10 Å². The van der Waals surface area contributed by atoms with E-state index in [0.717, 1.165) is 42.6 Å². The number of amides is 2. The van der Waals surface area contributed by atoms with Gasteiger partial charge in [0.1, 0.15) is 0 Å². The third-order valence-corrected chi connectivity index (χ3v) is 7.29. The van der Waals surface area contributed by atoms with Gasteiger partial charge in [-0.25, -0.2) is 0 Å². The Bertz CT molecular complexity index is 757. The number of hydrogen-bond donors (Lipinski definition) is 2. The third kappa shape index (κ3) is 7.08. The Balaban J connectivity index is 1.45. The Morgan fingerprint density at radius 3 is 2.00 bits per heavy atom. The van der Waals surface area contributed by atoms with Crippen molar-refractivity contribution in [3.05, 3.63) is 17.0 Å². The van der Waals surface area contributed by atoms with Gasteiger partial charge < -0.3 is 10.6 Å². The predicted molar refractivity (Wildman–Crippen MR) is 124 cm³/mol. The van der Waals surface area contributed by atoms with E-state index in [4.69, 9.17) is 0 Å². The molecule has 0 radical (unpaired) electrons. The van der Waals surface area contributed by atoms with Gasteiger partial charge in [-0.05, 0) is 63.4 Å². The lowest BCUT2D eigenvalue weighted by Crippen LogP contribution is -2.38. The van der Waals surface area contributed by atoms with Crippen LogP contribution in [0.15, 0.2) is 0 Å². The Morgan fingerprint density at radius 1 is 0.903 bits per heavy atom. The highest BCUT2D eigenvalue weighted by atomic mass is 16.2. The smallest absolute Gasteiger partial charge is 0.222 e. The van der Waals surface area contributed by atoms with E-state index < -0.39 is 0 Å². The highest BCUT2D eigenvalue weighted by Gasteiger charge is 2.22. The normalized spacial score (nSPS) is 26.5. The minimum atomic E-state index is 0.120. The minimum Gasteiger partial charge on any atom is -0.353 e. The van der Waals surface area contributed by atoms with Crippen molar-refractivity contribution in [2.75, 3.05) is 0 Å². The lowest BCUT2D eigenvalue weighted by Gasteiger charge is -2.27. The van der Waals surface area contributed by atoms with E-state index in [1.807, 2.05) is 11.6 Å². The van der Waals surface area contributed by atoms with Crippen molar-refractivity contribution < 1.29 is 9.59 Å². The molecule has 0 bridgehead atoms. The van der Waals surface area contributed by atoms with Gasteiger partial charge in [0.05, 0.1) is 5.69 Å². The van der Waals surface area contributed by atoms with Gasteiger partial charge in [0.25, 0.3) is 0 Å². The summed E-state index contributed by atoms with van der Waals surface area (Å²) in [6.07, 6.45) is 11.0. The van der Waals surface area contributed by atoms with E-state index >= 15 is 0 Å². The molecule has 0 saturated heterocycles. The molecule has 6 heteroatoms. The van der Waals surface area contributed by atoms with Gasteiger partial charge >= 0.3 is 0 Å². The average Bonchev–Trinajstić information content (AvgIpc) is 2.98. The second kappa shape index (κ2) is 11.1. The molecule has 0 aromatic carbocycles. The molecule has 1 aromatic rings. The van der Waals surface area contributed by atoms with Crippen LogP contribution in [0.4, 0.5) is 0 Å². The first-order valence-corrected chi connectivity index (χ1v) is 12.4. The van der Waals surface area contributed by atoms with E-state index in [2.05, 4.69) is 36.5 Å². The summed E-state index contributed by atoms with van der Waals surface area (Å²) in [5.74, 6) is 1.68. The van der Waals surface area contributed by atoms with E-state index in [1.165, 1.54) is 25.7 Å². The SMILES string of the molecule is Cc1nn(CCC(=O)NC2CCCC(C)C2)c(C)c1CCC(=O)NC1CCCC(C)C1. The molecule has 6 nitrogen and oxygen atoms in total. The number of nitrogens with zero attached hydrogens (tertiary/aromatic N) is 2. The number of carbonyl (C=O) groups is 2. The first kappa shape index (κ1) is 23.8. The summed E-state index contributed by atoms with van der Waals surface area (Å²) in [4.78, 5) is 24.9. The number of rotatable bonds is 8. The van der Waals surface area contributed by atoms with Crippen molar-refractivity contribution in [1.29, 1.82) is 0 Å². The standard InChI is InChI=1S/C25H42N4O2/c1-17-7-5-9-21(15-17)26-24(30)12-11-23-19(3)28-29(20(23)4)14-13-25(31)27-22-10-6-8-18(2)16-22/h17-18,21-22H,5-16H2,1-4H3,(H,26,30)(H,27,31). The molecule has 174 valence electrons. The second-order valence-corrected chi connectivity index (χ2v) is 10.2. The predicted octanol–water partition coefficient (Wildman–Crippen LogP) is 4.21. The summed E-state index contributed by atoms with van der Waals surface area (Å²) >= 11 is 0. The van der Waals surface area contributed by atoms with E-state index in [0.29, 0.717) is 49.7 Å². The molecular formula is C25H42N4O2. The molecular weight excluding hydrogens is 388 g/mol. The maximum Gasteiger partial charge on any atom is 0.222 e. The van der Waals surface area contributed by atoms with Gasteiger partial charge in [0.2, 0.25) is 11.8 Å². The van der Waals surface area contributed by atoms with Crippen molar-refractivity contribution in [2.45, 2.75) is 117 Å². The Hall–Kier alpha value is -1.85. The van der Waals surface area contributed by atoms with Gasteiger partial charge in [0.15, 0.2) is 0 Å². The van der Waals surface area contributed by atoms with Crippen LogP contribution >= 0.6 is 0 Å². The van der Waals surface area contributed by atoms with Crippen LogP contribution in [-0.2, 0) is 22.6 Å². The molecule has 3 rings (SSSR count). The molecule has 2 saturated carbocycles. The lowest BCUT2D eigenvalue weighted by atomic mass is 9.87. The monoisotopic (exact) mass is 430 g/mol. The number of nitrogens with one attached hydrogen (secondary N) is 2. The Morgan fingerprint density at radius 2 is 1.45 bits per heavy atom. The van der Waals surface area contributed by atoms with Gasteiger partial charge in [-0.3, -0.25) is 14.3 Å². The summed E-state index contributed by atoms with van der Waals surface area (Å²) in [5.41, 5.74) is 3.20. The fourth-order valence-corrected chi connectivity index (χ4v) is 5.49. The largest absolute Gasteiger partial charge is 0.353 e. The van der Waals surface area contributed by atoms with Crippen LogP contribution in [0.5, 0.6) is 0 Å². The Labute approximate surface area is 187 Å². The van der Waals surface area contributed by atoms with Crippen molar-refractivity contribution in [2.24, 2.45) is 11.8 Å². The fraction of sp³-hybridized carbons (Fsp3) is 0.800. The van der Waals surface area contributed by atoms with E-state index in [9.17, 15) is 9.59 Å². The molecule has 4 unspecified atom stereocenters. The minimum absolute atomic E-state index is 0.120. The lowest BCUT2D eigenvalue weighted by molar-refractivity contribution is -0.123. The highest BCUT2D eigenvalue weighted by molar-refractivity contribution is 5.77. The Kier molecular flexibility index (Phi) is 8.56. The first-order valence-electron chi connectivity index (χ1n) is 12.4. The summed E-state index contributed by atoms with van der Waals surface area (Å²) in [6, 6.07) is 0.671. The zero-order chi connectivity index (χ0) is 22.4. The van der Waals surface area contributed by atoms with Crippen molar-refractivity contribution in [3.8, 4) is 0 Å². The van der Waals surface area contributed by atoms with Crippen molar-refractivity contribution in [3.63, 3.8) is 0 Å². The van der Waals surface area contributed by atoms with Crippen LogP contribution in [0.25, 0.3) is 0 Å². The summed E-state index contributed by atoms with van der Waals surface area (Å²) in [7, 11) is 0. The van der Waals surface area contributed by atoms with Crippen LogP contribution in [0.1, 0.15) is 95.0 Å². The summed E-state index contributed by atoms with van der Waals surface area (Å²) < 4.78 is 1.94. The van der Waals surface area contributed by atoms with Crippen LogP contribution in [-0.4, -0.2) is 33.7 Å². The maximum atomic E-state index is 12.5. The van der Waals surface area contributed by atoms with Gasteiger partial charge in [-0.15, -0.1) is 0 Å². The van der Waals surface area contributed by atoms with Crippen molar-refractivity contribution in [1.82, 2.24) is 20.4 Å². The number of aryl methyl sites for hydroxylation is 2. The molecule has 2 amide bonds. The highest BCUT2D eigenvalue weighted by Crippen LogP contribution is 2.24. The van der Waals surface area contributed by atoms with Crippen LogP contribution in [0, 0.1) is 25.7 Å². The van der Waals surface area contributed by atoms with Crippen molar-refractivity contribution >= 4 is 11.8 Å². The van der Waals surface area contributed by atoms with Gasteiger partial charge in [0, 0.05) is 37.2 Å². The molecule has 1 aromatic heterocycles. The molecule has 31 heavy (non-hydrogen) atoms. The second-order valence-electron chi connectivity index (χ2n) is 10.2. The van der Waals surface area contributed by atoms with E-state index in [-0.39, 0.29) is 11.8 Å². The summed E-state index contributed by atoms with van der Waals surface area (Å²) in [5, 5.41) is 11.1. The maximum absolute atomic E-state index is 12.5. The van der Waals surface area contributed by atoms with Crippen LogP contribution < -0.4 is 10.6 Å². The molecule has 2 aliphatic rings. The third-order valence-electron chi connectivity index (χ3n) is 7.29. The molecule has 4 atom stereocenters. The van der Waals surface area contributed by atoms with E-state index in [1.54, 1.807) is 0 Å². The fourth-order valence-electron chi connectivity index (χ4n) is 5.49. The number of carbonyl (C=O) groups excluding carboxylic acids is 2. The average molecular weight is 431 g/mol. The van der Waals surface area contributed by atoms with Gasteiger partial charge in [-0.1, -0.05) is 39.5 Å². The quantitative estimate of drug-likeness (QED) is 0.648. The molecule has 0 aliphatic heterocycles. The summed E-state index contributed by atoms with van der Waals surface area (Å²) in [6.45, 7) is 9.19. The zero-order valence-corrected chi connectivity index (χ0v) is 20.0. The van der Waals surface area contributed by atoms with Crippen LogP contribution in [0.2, 0.25) is 0 Å². The molecule has 2 fully saturated rings. The topological polar surface area (TPSA) is 76.0 Å². The first-order chi connectivity index (χ1) is 14.8. The molecule has 1 heterocycles. The zero-order valence-electron chi connectivity index (χ0n) is 20.0. The number of hydrogen-bond acceptors (Lipinski definition) is 3. The molecule has 2 N–H and O–H groups in total. The number of aromatic nitrogens is 2. The molecule has 2 aliphatic carbocycles.